The third-order valence-corrected chi connectivity index (χ3v) is 3.86. The maximum absolute atomic E-state index is 13.1. The molecule has 0 saturated heterocycles. The molecule has 2 rings (SSSR count). The molecular formula is C14H10BrCl2F. The molecule has 0 heterocycles. The average Bonchev–Trinajstić information content (AvgIpc) is 2.35. The highest BCUT2D eigenvalue weighted by Gasteiger charge is 2.11. The standard InChI is InChI=1S/C14H10BrCl2F/c15-11-4-1-9(2-5-11)7-12(16)10-3-6-14(18)13(17)8-10/h1-6,8,12H,7H2. The molecular weight excluding hydrogens is 338 g/mol. The average molecular weight is 348 g/mol. The van der Waals surface area contributed by atoms with Gasteiger partial charge in [-0.2, -0.15) is 0 Å². The van der Waals surface area contributed by atoms with E-state index in [0.29, 0.717) is 6.42 Å². The molecule has 0 spiro atoms. The van der Waals surface area contributed by atoms with Crippen LogP contribution in [0.4, 0.5) is 4.39 Å². The Kier molecular flexibility index (Phi) is 4.66. The van der Waals surface area contributed by atoms with Crippen molar-refractivity contribution in [2.45, 2.75) is 11.8 Å². The van der Waals surface area contributed by atoms with Crippen LogP contribution in [0.5, 0.6) is 0 Å². The lowest BCUT2D eigenvalue weighted by Gasteiger charge is -2.10. The first-order valence-electron chi connectivity index (χ1n) is 5.40. The Morgan fingerprint density at radius 3 is 2.39 bits per heavy atom. The molecule has 0 aliphatic heterocycles. The lowest BCUT2D eigenvalue weighted by Crippen LogP contribution is -1.96. The molecule has 0 aliphatic rings. The van der Waals surface area contributed by atoms with Crippen LogP contribution >= 0.6 is 39.1 Å². The quantitative estimate of drug-likeness (QED) is 0.619. The van der Waals surface area contributed by atoms with E-state index in [9.17, 15) is 4.39 Å². The minimum atomic E-state index is -0.423. The summed E-state index contributed by atoms with van der Waals surface area (Å²) in [6, 6.07) is 12.5. The van der Waals surface area contributed by atoms with Gasteiger partial charge in [0, 0.05) is 4.47 Å². The van der Waals surface area contributed by atoms with Crippen molar-refractivity contribution in [1.82, 2.24) is 0 Å². The first kappa shape index (κ1) is 13.9. The Morgan fingerprint density at radius 2 is 1.78 bits per heavy atom. The largest absolute Gasteiger partial charge is 0.205 e. The number of halogens is 4. The normalized spacial score (nSPS) is 12.4. The summed E-state index contributed by atoms with van der Waals surface area (Å²) in [7, 11) is 0. The van der Waals surface area contributed by atoms with E-state index in [1.165, 1.54) is 6.07 Å². The number of alkyl halides is 1. The predicted octanol–water partition coefficient (Wildman–Crippen LogP) is 5.76. The smallest absolute Gasteiger partial charge is 0.141 e. The Balaban J connectivity index is 2.13. The fourth-order valence-corrected chi connectivity index (χ4v) is 2.42. The van der Waals surface area contributed by atoms with Gasteiger partial charge in [0.15, 0.2) is 0 Å². The van der Waals surface area contributed by atoms with Gasteiger partial charge in [-0.15, -0.1) is 11.6 Å². The molecule has 0 aliphatic carbocycles. The van der Waals surface area contributed by atoms with Crippen LogP contribution in [0.3, 0.4) is 0 Å². The Bertz CT molecular complexity index is 540. The minimum Gasteiger partial charge on any atom is -0.205 e. The molecule has 0 fully saturated rings. The van der Waals surface area contributed by atoms with Crippen LogP contribution in [0.25, 0.3) is 0 Å². The van der Waals surface area contributed by atoms with Crippen molar-refractivity contribution in [3.8, 4) is 0 Å². The van der Waals surface area contributed by atoms with Crippen molar-refractivity contribution >= 4 is 39.1 Å². The highest BCUT2D eigenvalue weighted by atomic mass is 79.9. The Morgan fingerprint density at radius 1 is 1.11 bits per heavy atom. The van der Waals surface area contributed by atoms with Gasteiger partial charge in [-0.3, -0.25) is 0 Å². The van der Waals surface area contributed by atoms with Gasteiger partial charge >= 0.3 is 0 Å². The van der Waals surface area contributed by atoms with E-state index in [4.69, 9.17) is 23.2 Å². The minimum absolute atomic E-state index is 0.106. The molecule has 0 N–H and O–H groups in total. The van der Waals surface area contributed by atoms with Crippen molar-refractivity contribution in [1.29, 1.82) is 0 Å². The first-order valence-corrected chi connectivity index (χ1v) is 7.00. The molecule has 18 heavy (non-hydrogen) atoms. The summed E-state index contributed by atoms with van der Waals surface area (Å²) in [6.45, 7) is 0. The van der Waals surface area contributed by atoms with Gasteiger partial charge in [0.2, 0.25) is 0 Å². The second kappa shape index (κ2) is 6.05. The highest BCUT2D eigenvalue weighted by molar-refractivity contribution is 9.10. The second-order valence-corrected chi connectivity index (χ2v) is 5.82. The molecule has 1 unspecified atom stereocenters. The van der Waals surface area contributed by atoms with Gasteiger partial charge in [0.1, 0.15) is 5.82 Å². The third-order valence-electron chi connectivity index (χ3n) is 2.63. The zero-order chi connectivity index (χ0) is 13.1. The van der Waals surface area contributed by atoms with Gasteiger partial charge in [-0.1, -0.05) is 45.7 Å². The van der Waals surface area contributed by atoms with Gasteiger partial charge in [0.05, 0.1) is 10.4 Å². The zero-order valence-corrected chi connectivity index (χ0v) is 12.4. The van der Waals surface area contributed by atoms with E-state index in [0.717, 1.165) is 15.6 Å². The molecule has 2 aromatic carbocycles. The Labute approximate surface area is 124 Å². The van der Waals surface area contributed by atoms with E-state index in [1.54, 1.807) is 12.1 Å². The summed E-state index contributed by atoms with van der Waals surface area (Å²) in [5, 5.41) is -0.113. The molecule has 2 aromatic rings. The number of rotatable bonds is 3. The first-order chi connectivity index (χ1) is 8.56. The van der Waals surface area contributed by atoms with E-state index in [1.807, 2.05) is 24.3 Å². The van der Waals surface area contributed by atoms with E-state index >= 15 is 0 Å². The second-order valence-electron chi connectivity index (χ2n) is 3.97. The van der Waals surface area contributed by atoms with Crippen LogP contribution in [-0.2, 0) is 6.42 Å². The SMILES string of the molecule is Fc1ccc(C(Cl)Cc2ccc(Br)cc2)cc1Cl. The summed E-state index contributed by atoms with van der Waals surface area (Å²) in [5.74, 6) is -0.423. The summed E-state index contributed by atoms with van der Waals surface area (Å²) in [4.78, 5) is 0. The molecule has 4 heteroatoms. The Hall–Kier alpha value is -0.570. The van der Waals surface area contributed by atoms with E-state index in [2.05, 4.69) is 15.9 Å². The highest BCUT2D eigenvalue weighted by Crippen LogP contribution is 2.28. The monoisotopic (exact) mass is 346 g/mol. The molecule has 0 radical (unpaired) electrons. The van der Waals surface area contributed by atoms with Gasteiger partial charge < -0.3 is 0 Å². The lowest BCUT2D eigenvalue weighted by molar-refractivity contribution is 0.627. The van der Waals surface area contributed by atoms with Crippen molar-refractivity contribution in [3.63, 3.8) is 0 Å². The van der Waals surface area contributed by atoms with Gasteiger partial charge in [-0.05, 0) is 41.8 Å². The number of hydrogen-bond acceptors (Lipinski definition) is 0. The molecule has 94 valence electrons. The van der Waals surface area contributed by atoms with Gasteiger partial charge in [0.25, 0.3) is 0 Å². The summed E-state index contributed by atoms with van der Waals surface area (Å²) in [6.07, 6.45) is 0.677. The van der Waals surface area contributed by atoms with Crippen LogP contribution < -0.4 is 0 Å². The van der Waals surface area contributed by atoms with E-state index < -0.39 is 5.82 Å². The maximum Gasteiger partial charge on any atom is 0.141 e. The third kappa shape index (κ3) is 3.47. The molecule has 0 nitrogen and oxygen atoms in total. The van der Waals surface area contributed by atoms with Crippen LogP contribution in [0.2, 0.25) is 5.02 Å². The predicted molar refractivity (Wildman–Crippen MR) is 77.9 cm³/mol. The molecule has 0 saturated carbocycles. The van der Waals surface area contributed by atoms with Crippen molar-refractivity contribution in [2.24, 2.45) is 0 Å². The van der Waals surface area contributed by atoms with E-state index in [-0.39, 0.29) is 10.4 Å². The lowest BCUT2D eigenvalue weighted by atomic mass is 10.0. The number of benzene rings is 2. The fraction of sp³-hybridized carbons (Fsp3) is 0.143. The number of hydrogen-bond donors (Lipinski definition) is 0. The topological polar surface area (TPSA) is 0 Å². The maximum atomic E-state index is 13.1. The fourth-order valence-electron chi connectivity index (χ4n) is 1.65. The van der Waals surface area contributed by atoms with Crippen LogP contribution in [0.15, 0.2) is 46.9 Å². The van der Waals surface area contributed by atoms with Crippen LogP contribution in [0, 0.1) is 5.82 Å². The van der Waals surface area contributed by atoms with Crippen molar-refractivity contribution in [3.05, 3.63) is 68.9 Å². The summed E-state index contributed by atoms with van der Waals surface area (Å²) < 4.78 is 14.1. The molecule has 0 amide bonds. The van der Waals surface area contributed by atoms with Crippen molar-refractivity contribution < 1.29 is 4.39 Å². The summed E-state index contributed by atoms with van der Waals surface area (Å²) >= 11 is 15.4. The summed E-state index contributed by atoms with van der Waals surface area (Å²) in [5.41, 5.74) is 1.95. The molecule has 1 atom stereocenters. The molecule has 0 bridgehead atoms. The zero-order valence-electron chi connectivity index (χ0n) is 9.34. The van der Waals surface area contributed by atoms with Gasteiger partial charge in [-0.25, -0.2) is 4.39 Å². The molecule has 0 aromatic heterocycles. The van der Waals surface area contributed by atoms with Crippen LogP contribution in [0.1, 0.15) is 16.5 Å². The van der Waals surface area contributed by atoms with Crippen LogP contribution in [-0.4, -0.2) is 0 Å². The van der Waals surface area contributed by atoms with Crippen molar-refractivity contribution in [2.75, 3.05) is 0 Å².